The summed E-state index contributed by atoms with van der Waals surface area (Å²) in [5, 5.41) is 0. The smallest absolute Gasteiger partial charge is 0.264 e. The van der Waals surface area contributed by atoms with Crippen LogP contribution in [0.15, 0.2) is 36.4 Å². The standard InChI is InChI=1S/C19H16N2O4.C4H8O/c1-20-14-7-12-15(8-16(14)24-9-17(20)22)25-10-19(12)11-5-3-4-6-13(11)21(2)18(19)23;1-2-4-5-3-1/h3-8H,9-10H2,1-2H3;1-4H2. The van der Waals surface area contributed by atoms with Crippen molar-refractivity contribution in [1.29, 1.82) is 0 Å². The maximum atomic E-state index is 13.2. The Balaban J connectivity index is 0.000000340. The molecule has 2 aromatic carbocycles. The maximum Gasteiger partial charge on any atom is 0.264 e. The largest absolute Gasteiger partial charge is 0.491 e. The van der Waals surface area contributed by atoms with E-state index < -0.39 is 5.41 Å². The van der Waals surface area contributed by atoms with Crippen LogP contribution in [0.5, 0.6) is 11.5 Å². The number of carbonyl (C=O) groups is 2. The lowest BCUT2D eigenvalue weighted by molar-refractivity contribution is -0.122. The van der Waals surface area contributed by atoms with Gasteiger partial charge in [-0.25, -0.2) is 0 Å². The topological polar surface area (TPSA) is 68.3 Å². The summed E-state index contributed by atoms with van der Waals surface area (Å²) >= 11 is 0. The molecule has 1 spiro atoms. The van der Waals surface area contributed by atoms with Crippen molar-refractivity contribution in [2.45, 2.75) is 18.3 Å². The third-order valence-electron chi connectivity index (χ3n) is 6.27. The van der Waals surface area contributed by atoms with Gasteiger partial charge in [0.2, 0.25) is 5.91 Å². The van der Waals surface area contributed by atoms with E-state index in [-0.39, 0.29) is 25.0 Å². The average Bonchev–Trinajstić information content (AvgIpc) is 3.50. The third kappa shape index (κ3) is 2.61. The van der Waals surface area contributed by atoms with E-state index in [1.54, 1.807) is 30.0 Å². The number of fused-ring (bicyclic) bond motifs is 5. The molecule has 2 amide bonds. The average molecular weight is 408 g/mol. The highest BCUT2D eigenvalue weighted by Crippen LogP contribution is 2.54. The number of para-hydroxylation sites is 1. The third-order valence-corrected chi connectivity index (χ3v) is 6.27. The van der Waals surface area contributed by atoms with Crippen molar-refractivity contribution in [2.24, 2.45) is 0 Å². The fourth-order valence-corrected chi connectivity index (χ4v) is 4.56. The van der Waals surface area contributed by atoms with E-state index >= 15 is 0 Å². The lowest BCUT2D eigenvalue weighted by Crippen LogP contribution is -2.41. The first-order valence-corrected chi connectivity index (χ1v) is 10.2. The molecule has 30 heavy (non-hydrogen) atoms. The second-order valence-electron chi connectivity index (χ2n) is 7.95. The summed E-state index contributed by atoms with van der Waals surface area (Å²) < 4.78 is 16.4. The Hall–Kier alpha value is -3.06. The van der Waals surface area contributed by atoms with E-state index in [2.05, 4.69) is 0 Å². The fourth-order valence-electron chi connectivity index (χ4n) is 4.56. The molecule has 7 nitrogen and oxygen atoms in total. The number of carbonyl (C=O) groups excluding carboxylic acids is 2. The van der Waals surface area contributed by atoms with Gasteiger partial charge >= 0.3 is 0 Å². The number of ether oxygens (including phenoxy) is 3. The molecule has 0 N–H and O–H groups in total. The van der Waals surface area contributed by atoms with Crippen LogP contribution in [-0.4, -0.2) is 52.3 Å². The number of nitrogens with zero attached hydrogens (tertiary/aromatic N) is 2. The molecule has 7 heteroatoms. The Morgan fingerprint density at radius 3 is 2.37 bits per heavy atom. The molecule has 4 heterocycles. The van der Waals surface area contributed by atoms with Gasteiger partial charge in [0.05, 0.1) is 5.69 Å². The number of likely N-dealkylation sites (N-methyl/N-ethyl adjacent to an activating group) is 2. The number of anilines is 2. The van der Waals surface area contributed by atoms with E-state index in [4.69, 9.17) is 14.2 Å². The van der Waals surface area contributed by atoms with Crippen LogP contribution in [0.2, 0.25) is 0 Å². The van der Waals surface area contributed by atoms with Gasteiger partial charge < -0.3 is 24.0 Å². The van der Waals surface area contributed by atoms with Crippen LogP contribution in [0.1, 0.15) is 24.0 Å². The summed E-state index contributed by atoms with van der Waals surface area (Å²) in [7, 11) is 3.50. The van der Waals surface area contributed by atoms with Crippen LogP contribution < -0.4 is 19.3 Å². The number of benzene rings is 2. The predicted octanol–water partition coefficient (Wildman–Crippen LogP) is 2.49. The zero-order valence-corrected chi connectivity index (χ0v) is 17.1. The van der Waals surface area contributed by atoms with Crippen molar-refractivity contribution in [3.05, 3.63) is 47.5 Å². The van der Waals surface area contributed by atoms with E-state index in [0.717, 1.165) is 30.0 Å². The van der Waals surface area contributed by atoms with Gasteiger partial charge in [0.1, 0.15) is 23.5 Å². The van der Waals surface area contributed by atoms with Gasteiger partial charge in [-0.2, -0.15) is 0 Å². The Labute approximate surface area is 175 Å². The van der Waals surface area contributed by atoms with E-state index in [1.807, 2.05) is 30.3 Å². The Bertz CT molecular complexity index is 1020. The molecule has 0 aliphatic carbocycles. The SMILES string of the molecule is C1CCOC1.CN1C(=O)COc2cc3c(cc21)C1(CO3)C(=O)N(C)c2ccccc21. The van der Waals surface area contributed by atoms with Crippen molar-refractivity contribution in [3.63, 3.8) is 0 Å². The monoisotopic (exact) mass is 408 g/mol. The Morgan fingerprint density at radius 1 is 0.867 bits per heavy atom. The van der Waals surface area contributed by atoms with Crippen molar-refractivity contribution in [2.75, 3.05) is 50.3 Å². The maximum absolute atomic E-state index is 13.2. The van der Waals surface area contributed by atoms with Crippen LogP contribution >= 0.6 is 0 Å². The summed E-state index contributed by atoms with van der Waals surface area (Å²) in [5.41, 5.74) is 2.42. The predicted molar refractivity (Wildman–Crippen MR) is 112 cm³/mol. The molecule has 1 atom stereocenters. The highest BCUT2D eigenvalue weighted by Gasteiger charge is 2.56. The van der Waals surface area contributed by atoms with Gasteiger partial charge in [-0.15, -0.1) is 0 Å². The van der Waals surface area contributed by atoms with Gasteiger partial charge in [0.15, 0.2) is 6.61 Å². The first kappa shape index (κ1) is 18.9. The van der Waals surface area contributed by atoms with Gasteiger partial charge in [0, 0.05) is 44.6 Å². The molecular weight excluding hydrogens is 384 g/mol. The first-order valence-electron chi connectivity index (χ1n) is 10.2. The Kier molecular flexibility index (Phi) is 4.43. The molecule has 0 radical (unpaired) electrons. The van der Waals surface area contributed by atoms with Gasteiger partial charge in [-0.05, 0) is 30.5 Å². The van der Waals surface area contributed by atoms with Crippen molar-refractivity contribution in [3.8, 4) is 11.5 Å². The first-order chi connectivity index (χ1) is 14.5. The molecule has 4 aliphatic rings. The highest BCUT2D eigenvalue weighted by molar-refractivity contribution is 6.11. The lowest BCUT2D eigenvalue weighted by Gasteiger charge is -2.28. The van der Waals surface area contributed by atoms with E-state index in [0.29, 0.717) is 17.2 Å². The minimum atomic E-state index is -0.864. The highest BCUT2D eigenvalue weighted by atomic mass is 16.5. The van der Waals surface area contributed by atoms with Crippen LogP contribution in [0.3, 0.4) is 0 Å². The van der Waals surface area contributed by atoms with Crippen LogP contribution in [-0.2, 0) is 19.7 Å². The number of hydrogen-bond acceptors (Lipinski definition) is 5. The molecular formula is C23H24N2O5. The number of rotatable bonds is 0. The molecule has 1 fully saturated rings. The molecule has 0 aromatic heterocycles. The van der Waals surface area contributed by atoms with Gasteiger partial charge in [-0.1, -0.05) is 18.2 Å². The summed E-state index contributed by atoms with van der Waals surface area (Å²) in [4.78, 5) is 28.4. The molecule has 156 valence electrons. The summed E-state index contributed by atoms with van der Waals surface area (Å²) in [6.45, 7) is 2.26. The van der Waals surface area contributed by atoms with Crippen molar-refractivity contribution in [1.82, 2.24) is 0 Å². The Morgan fingerprint density at radius 2 is 1.63 bits per heavy atom. The summed E-state index contributed by atoms with van der Waals surface area (Å²) in [6, 6.07) is 11.4. The second-order valence-corrected chi connectivity index (χ2v) is 7.95. The molecule has 6 rings (SSSR count). The zero-order valence-electron chi connectivity index (χ0n) is 17.1. The van der Waals surface area contributed by atoms with Crippen molar-refractivity contribution < 1.29 is 23.8 Å². The summed E-state index contributed by atoms with van der Waals surface area (Å²) in [5.74, 6) is 1.11. The second kappa shape index (κ2) is 7.02. The van der Waals surface area contributed by atoms with E-state index in [9.17, 15) is 9.59 Å². The van der Waals surface area contributed by atoms with Gasteiger partial charge in [0.25, 0.3) is 5.91 Å². The van der Waals surface area contributed by atoms with Crippen molar-refractivity contribution >= 4 is 23.2 Å². The fraction of sp³-hybridized carbons (Fsp3) is 0.391. The normalized spacial score (nSPS) is 23.4. The molecule has 1 saturated heterocycles. The zero-order chi connectivity index (χ0) is 20.9. The summed E-state index contributed by atoms with van der Waals surface area (Å²) in [6.07, 6.45) is 2.56. The molecule has 0 saturated carbocycles. The minimum Gasteiger partial charge on any atom is -0.491 e. The minimum absolute atomic E-state index is 0.0118. The van der Waals surface area contributed by atoms with Crippen LogP contribution in [0, 0.1) is 0 Å². The van der Waals surface area contributed by atoms with Crippen LogP contribution in [0.25, 0.3) is 0 Å². The molecule has 0 bridgehead atoms. The van der Waals surface area contributed by atoms with E-state index in [1.165, 1.54) is 12.8 Å². The number of amides is 2. The number of hydrogen-bond donors (Lipinski definition) is 0. The van der Waals surface area contributed by atoms with Crippen LogP contribution in [0.4, 0.5) is 11.4 Å². The molecule has 4 aliphatic heterocycles. The van der Waals surface area contributed by atoms with Gasteiger partial charge in [-0.3, -0.25) is 9.59 Å². The molecule has 1 unspecified atom stereocenters. The quantitative estimate of drug-likeness (QED) is 0.670. The lowest BCUT2D eigenvalue weighted by atomic mass is 9.77. The molecule has 2 aromatic rings.